The summed E-state index contributed by atoms with van der Waals surface area (Å²) in [5, 5.41) is 2.14. The number of benzene rings is 3. The molecular formula is C32H26F3N3O6S2. The Labute approximate surface area is 268 Å². The molecule has 1 fully saturated rings. The van der Waals surface area contributed by atoms with Crippen LogP contribution in [0.1, 0.15) is 34.4 Å². The first kappa shape index (κ1) is 31.4. The number of ether oxygens (including phenoxy) is 2. The van der Waals surface area contributed by atoms with E-state index in [2.05, 4.69) is 10.3 Å². The summed E-state index contributed by atoms with van der Waals surface area (Å²) in [5.74, 6) is -2.48. The number of nitrogens with zero attached hydrogens (tertiary/aromatic N) is 1. The van der Waals surface area contributed by atoms with Gasteiger partial charge in [0.1, 0.15) is 5.25 Å². The van der Waals surface area contributed by atoms with Crippen LogP contribution in [0.5, 0.6) is 11.5 Å². The first-order valence-corrected chi connectivity index (χ1v) is 15.8. The molecule has 0 spiro atoms. The zero-order chi connectivity index (χ0) is 32.7. The van der Waals surface area contributed by atoms with Gasteiger partial charge in [-0.15, -0.1) is 0 Å². The number of aromatic amines is 1. The number of amides is 3. The molecule has 6 rings (SSSR count). The average molecular weight is 670 g/mol. The van der Waals surface area contributed by atoms with Crippen molar-refractivity contribution in [1.82, 2.24) is 4.98 Å². The molecule has 238 valence electrons. The number of hydrogen-bond acceptors (Lipinski definition) is 8. The van der Waals surface area contributed by atoms with Gasteiger partial charge in [0.05, 0.1) is 28.8 Å². The Morgan fingerprint density at radius 1 is 0.978 bits per heavy atom. The number of carbonyl (C=O) groups excluding carboxylic acids is 3. The molecule has 1 aromatic heterocycles. The van der Waals surface area contributed by atoms with Crippen LogP contribution >= 0.6 is 23.1 Å². The monoisotopic (exact) mass is 669 g/mol. The Kier molecular flexibility index (Phi) is 8.42. The second-order valence-electron chi connectivity index (χ2n) is 10.7. The van der Waals surface area contributed by atoms with Gasteiger partial charge >= 0.3 is 11.0 Å². The topological polar surface area (TPSA) is 118 Å². The molecule has 3 atom stereocenters. The van der Waals surface area contributed by atoms with Crippen molar-refractivity contribution in [2.45, 2.75) is 36.2 Å². The number of carbonyl (C=O) groups is 3. The van der Waals surface area contributed by atoms with Crippen molar-refractivity contribution >= 4 is 52.2 Å². The van der Waals surface area contributed by atoms with Gasteiger partial charge in [-0.3, -0.25) is 19.2 Å². The summed E-state index contributed by atoms with van der Waals surface area (Å²) >= 11 is 2.15. The number of fused-ring (bicyclic) bond motifs is 2. The lowest BCUT2D eigenvalue weighted by atomic mass is 9.83. The van der Waals surface area contributed by atoms with E-state index in [1.165, 1.54) is 28.8 Å². The van der Waals surface area contributed by atoms with Gasteiger partial charge in [0.25, 0.3) is 5.91 Å². The number of rotatable bonds is 8. The highest BCUT2D eigenvalue weighted by molar-refractivity contribution is 8.00. The van der Waals surface area contributed by atoms with Crippen molar-refractivity contribution in [3.8, 4) is 11.5 Å². The highest BCUT2D eigenvalue weighted by atomic mass is 32.2. The number of hydrogen-bond donors (Lipinski definition) is 2. The fraction of sp³-hybridized carbons (Fsp3) is 0.250. The van der Waals surface area contributed by atoms with Crippen LogP contribution in [0.3, 0.4) is 0 Å². The summed E-state index contributed by atoms with van der Waals surface area (Å²) in [5.41, 5.74) is 1.11. The highest BCUT2D eigenvalue weighted by Gasteiger charge is 2.56. The summed E-state index contributed by atoms with van der Waals surface area (Å²) in [4.78, 5) is 56.9. The van der Waals surface area contributed by atoms with Gasteiger partial charge in [0.15, 0.2) is 18.1 Å². The molecule has 14 heteroatoms. The fourth-order valence-electron chi connectivity index (χ4n) is 5.54. The van der Waals surface area contributed by atoms with E-state index in [0.717, 1.165) is 29.0 Å². The number of imide groups is 1. The van der Waals surface area contributed by atoms with Crippen LogP contribution in [0.4, 0.5) is 24.5 Å². The number of anilines is 2. The van der Waals surface area contributed by atoms with Gasteiger partial charge < -0.3 is 19.8 Å². The first-order chi connectivity index (χ1) is 21.9. The van der Waals surface area contributed by atoms with E-state index in [1.54, 1.807) is 37.3 Å². The highest BCUT2D eigenvalue weighted by Crippen LogP contribution is 2.53. The molecule has 9 nitrogen and oxygen atoms in total. The second kappa shape index (κ2) is 12.3. The maximum atomic E-state index is 14.0. The number of halogens is 3. The van der Waals surface area contributed by atoms with E-state index in [0.29, 0.717) is 21.2 Å². The van der Waals surface area contributed by atoms with Crippen LogP contribution in [0.15, 0.2) is 76.6 Å². The molecule has 0 bridgehead atoms. The third-order valence-corrected chi connectivity index (χ3v) is 9.98. The average Bonchev–Trinajstić information content (AvgIpc) is 3.50. The summed E-state index contributed by atoms with van der Waals surface area (Å²) in [6, 6.07) is 16.2. The van der Waals surface area contributed by atoms with Crippen molar-refractivity contribution in [3.63, 3.8) is 0 Å². The molecule has 0 saturated carbocycles. The van der Waals surface area contributed by atoms with Crippen molar-refractivity contribution in [3.05, 3.63) is 98.0 Å². The number of alkyl halides is 3. The normalized spacial score (nSPS) is 19.1. The van der Waals surface area contributed by atoms with Gasteiger partial charge in [-0.05, 0) is 61.9 Å². The van der Waals surface area contributed by atoms with Gasteiger partial charge in [-0.25, -0.2) is 4.90 Å². The van der Waals surface area contributed by atoms with E-state index in [-0.39, 0.29) is 40.5 Å². The van der Waals surface area contributed by atoms with Crippen LogP contribution in [0, 0.1) is 12.8 Å². The number of aromatic nitrogens is 1. The third kappa shape index (κ3) is 6.01. The summed E-state index contributed by atoms with van der Waals surface area (Å²) in [6.45, 7) is 3.36. The minimum absolute atomic E-state index is 0.0368. The fourth-order valence-corrected chi connectivity index (χ4v) is 8.06. The van der Waals surface area contributed by atoms with Crippen LogP contribution in [-0.4, -0.2) is 41.2 Å². The molecule has 46 heavy (non-hydrogen) atoms. The predicted molar refractivity (Wildman–Crippen MR) is 167 cm³/mol. The summed E-state index contributed by atoms with van der Waals surface area (Å²) in [7, 11) is 0. The van der Waals surface area contributed by atoms with Crippen molar-refractivity contribution in [2.24, 2.45) is 5.92 Å². The van der Waals surface area contributed by atoms with E-state index in [9.17, 15) is 32.3 Å². The van der Waals surface area contributed by atoms with E-state index >= 15 is 0 Å². The molecule has 4 aromatic rings. The van der Waals surface area contributed by atoms with Crippen LogP contribution in [0.25, 0.3) is 0 Å². The molecular weight excluding hydrogens is 643 g/mol. The lowest BCUT2D eigenvalue weighted by molar-refractivity contribution is -0.137. The van der Waals surface area contributed by atoms with E-state index in [1.807, 2.05) is 19.1 Å². The molecule has 3 heterocycles. The minimum atomic E-state index is -4.56. The lowest BCUT2D eigenvalue weighted by Crippen LogP contribution is -2.32. The van der Waals surface area contributed by atoms with Crippen LogP contribution < -0.4 is 24.6 Å². The zero-order valence-corrected chi connectivity index (χ0v) is 26.0. The standard InChI is InChI=1S/C32H26F3N3O6S2/c1-3-43-22-13-17(9-12-21(22)44-15-23(39)36-19-6-4-5-18(14-19)32(33,34)35)24-25-27(45-28-26(24)46-31(42)37-28)30(41)38(29(25)40)20-10-7-16(2)8-11-20/h4-14,24-25,27H,3,15H2,1-2H3,(H,36,39)(H,37,42)/t24-,25-,27+/m0/s1. The number of thiazole rings is 1. The van der Waals surface area contributed by atoms with E-state index in [4.69, 9.17) is 9.47 Å². The van der Waals surface area contributed by atoms with Gasteiger partial charge in [0, 0.05) is 16.5 Å². The largest absolute Gasteiger partial charge is 0.490 e. The molecule has 1 saturated heterocycles. The van der Waals surface area contributed by atoms with Gasteiger partial charge in [-0.1, -0.05) is 52.9 Å². The molecule has 0 aliphatic carbocycles. The van der Waals surface area contributed by atoms with Gasteiger partial charge in [0.2, 0.25) is 11.8 Å². The molecule has 2 N–H and O–H groups in total. The zero-order valence-electron chi connectivity index (χ0n) is 24.3. The SMILES string of the molecule is CCOc1cc([C@@H]2c3sc(=O)[nH]c3S[C@H]3C(=O)N(c4ccc(C)cc4)C(=O)[C@@H]23)ccc1OCC(=O)Nc1cccc(C(F)(F)F)c1. The summed E-state index contributed by atoms with van der Waals surface area (Å²) < 4.78 is 50.7. The van der Waals surface area contributed by atoms with Crippen LogP contribution in [0.2, 0.25) is 0 Å². The summed E-state index contributed by atoms with van der Waals surface area (Å²) in [6.07, 6.45) is -4.56. The van der Waals surface area contributed by atoms with Crippen LogP contribution in [-0.2, 0) is 20.6 Å². The maximum absolute atomic E-state index is 14.0. The Hall–Kier alpha value is -4.56. The van der Waals surface area contributed by atoms with E-state index < -0.39 is 41.3 Å². The Bertz CT molecular complexity index is 1890. The number of nitrogens with one attached hydrogen (secondary N) is 2. The third-order valence-electron chi connectivity index (χ3n) is 7.58. The van der Waals surface area contributed by atoms with Crippen molar-refractivity contribution in [2.75, 3.05) is 23.4 Å². The molecule has 0 unspecified atom stereocenters. The Morgan fingerprint density at radius 3 is 2.46 bits per heavy atom. The Morgan fingerprint density at radius 2 is 1.74 bits per heavy atom. The Balaban J connectivity index is 1.28. The first-order valence-electron chi connectivity index (χ1n) is 14.2. The van der Waals surface area contributed by atoms with Crippen molar-refractivity contribution < 1.29 is 37.0 Å². The maximum Gasteiger partial charge on any atom is 0.416 e. The molecule has 2 aliphatic heterocycles. The predicted octanol–water partition coefficient (Wildman–Crippen LogP) is 5.98. The molecule has 3 amide bonds. The number of aryl methyl sites for hydroxylation is 1. The second-order valence-corrected chi connectivity index (χ2v) is 12.8. The molecule has 3 aromatic carbocycles. The van der Waals surface area contributed by atoms with Gasteiger partial charge in [-0.2, -0.15) is 13.2 Å². The number of H-pyrrole nitrogens is 1. The number of thioether (sulfide) groups is 1. The quantitative estimate of drug-likeness (QED) is 0.222. The molecule has 0 radical (unpaired) electrons. The smallest absolute Gasteiger partial charge is 0.416 e. The minimum Gasteiger partial charge on any atom is -0.490 e. The molecule has 2 aliphatic rings. The van der Waals surface area contributed by atoms with Crippen molar-refractivity contribution in [1.29, 1.82) is 0 Å². The lowest BCUT2D eigenvalue weighted by Gasteiger charge is -2.30.